The summed E-state index contributed by atoms with van der Waals surface area (Å²) in [5.74, 6) is -0.805. The molecule has 5 heteroatoms. The van der Waals surface area contributed by atoms with Crippen LogP contribution in [0.2, 0.25) is 0 Å². The van der Waals surface area contributed by atoms with Crippen LogP contribution < -0.4 is 5.32 Å². The van der Waals surface area contributed by atoms with Gasteiger partial charge in [-0.05, 0) is 51.0 Å². The molecule has 0 aliphatic rings. The number of carbonyl (C=O) groups is 2. The van der Waals surface area contributed by atoms with Crippen LogP contribution in [-0.4, -0.2) is 35.8 Å². The van der Waals surface area contributed by atoms with Crippen molar-refractivity contribution in [1.29, 1.82) is 0 Å². The van der Waals surface area contributed by atoms with E-state index in [0.29, 0.717) is 5.57 Å². The van der Waals surface area contributed by atoms with Crippen molar-refractivity contribution in [2.75, 3.05) is 13.6 Å². The van der Waals surface area contributed by atoms with Crippen molar-refractivity contribution in [1.82, 2.24) is 10.2 Å². The van der Waals surface area contributed by atoms with Gasteiger partial charge in [0, 0.05) is 18.7 Å². The third-order valence-electron chi connectivity index (χ3n) is 2.91. The Bertz CT molecular complexity index is 571. The van der Waals surface area contributed by atoms with Crippen LogP contribution in [0.5, 0.6) is 0 Å². The van der Waals surface area contributed by atoms with Gasteiger partial charge in [0.1, 0.15) is 5.82 Å². The Morgan fingerprint density at radius 2 is 1.77 bits per heavy atom. The molecule has 0 heterocycles. The van der Waals surface area contributed by atoms with Crippen molar-refractivity contribution >= 4 is 17.4 Å². The van der Waals surface area contributed by atoms with Crippen molar-refractivity contribution in [3.05, 3.63) is 41.7 Å². The Kier molecular flexibility index (Phi) is 5.85. The fourth-order valence-electron chi connectivity index (χ4n) is 1.84. The van der Waals surface area contributed by atoms with Gasteiger partial charge >= 0.3 is 0 Å². The number of nitrogens with one attached hydrogen (secondary N) is 1. The van der Waals surface area contributed by atoms with Crippen LogP contribution in [0.3, 0.4) is 0 Å². The molecule has 0 saturated heterocycles. The summed E-state index contributed by atoms with van der Waals surface area (Å²) < 4.78 is 12.9. The first kappa shape index (κ1) is 17.9. The van der Waals surface area contributed by atoms with Gasteiger partial charge in [0.05, 0.1) is 6.54 Å². The minimum atomic E-state index is -0.333. The van der Waals surface area contributed by atoms with E-state index in [1.807, 2.05) is 20.8 Å². The van der Waals surface area contributed by atoms with Crippen LogP contribution >= 0.6 is 0 Å². The van der Waals surface area contributed by atoms with E-state index in [0.717, 1.165) is 5.56 Å². The lowest BCUT2D eigenvalue weighted by Gasteiger charge is -2.23. The topological polar surface area (TPSA) is 49.4 Å². The molecule has 0 aliphatic heterocycles. The zero-order valence-corrected chi connectivity index (χ0v) is 13.7. The number of nitrogens with zero attached hydrogens (tertiary/aromatic N) is 1. The van der Waals surface area contributed by atoms with Gasteiger partial charge in [-0.15, -0.1) is 0 Å². The van der Waals surface area contributed by atoms with Crippen molar-refractivity contribution < 1.29 is 14.0 Å². The second-order valence-electron chi connectivity index (χ2n) is 6.33. The predicted octanol–water partition coefficient (Wildman–Crippen LogP) is 2.60. The highest BCUT2D eigenvalue weighted by Crippen LogP contribution is 2.14. The molecule has 1 N–H and O–H groups in total. The van der Waals surface area contributed by atoms with Crippen LogP contribution in [0.15, 0.2) is 30.3 Å². The second-order valence-corrected chi connectivity index (χ2v) is 6.33. The van der Waals surface area contributed by atoms with Crippen molar-refractivity contribution in [3.63, 3.8) is 0 Å². The van der Waals surface area contributed by atoms with Crippen LogP contribution in [0.1, 0.15) is 33.3 Å². The molecule has 1 aromatic rings. The molecule has 0 unspecified atom stereocenters. The Morgan fingerprint density at radius 3 is 2.27 bits per heavy atom. The summed E-state index contributed by atoms with van der Waals surface area (Å²) in [6, 6.07) is 5.91. The van der Waals surface area contributed by atoms with Gasteiger partial charge in [-0.3, -0.25) is 9.59 Å². The maximum Gasteiger partial charge on any atom is 0.247 e. The Morgan fingerprint density at radius 1 is 1.23 bits per heavy atom. The van der Waals surface area contributed by atoms with Crippen LogP contribution in [0, 0.1) is 5.82 Å². The van der Waals surface area contributed by atoms with E-state index in [4.69, 9.17) is 0 Å². The third-order valence-corrected chi connectivity index (χ3v) is 2.91. The molecule has 0 atom stereocenters. The van der Waals surface area contributed by atoms with Crippen molar-refractivity contribution in [2.45, 2.75) is 33.2 Å². The zero-order chi connectivity index (χ0) is 16.9. The number of halogens is 1. The van der Waals surface area contributed by atoms with Crippen LogP contribution in [0.25, 0.3) is 5.57 Å². The molecule has 0 aliphatic carbocycles. The lowest BCUT2D eigenvalue weighted by atomic mass is 10.1. The smallest absolute Gasteiger partial charge is 0.247 e. The second kappa shape index (κ2) is 7.20. The Balaban J connectivity index is 2.68. The molecule has 0 spiro atoms. The summed E-state index contributed by atoms with van der Waals surface area (Å²) in [7, 11) is 1.57. The van der Waals surface area contributed by atoms with Gasteiger partial charge in [-0.25, -0.2) is 4.39 Å². The normalized spacial score (nSPS) is 12.0. The summed E-state index contributed by atoms with van der Waals surface area (Å²) in [5.41, 5.74) is 1.15. The van der Waals surface area contributed by atoms with Crippen molar-refractivity contribution in [3.8, 4) is 0 Å². The van der Waals surface area contributed by atoms with Crippen LogP contribution in [-0.2, 0) is 9.59 Å². The predicted molar refractivity (Wildman–Crippen MR) is 85.6 cm³/mol. The minimum Gasteiger partial charge on any atom is -0.350 e. The summed E-state index contributed by atoms with van der Waals surface area (Å²) in [6.45, 7) is 7.40. The molecule has 4 nitrogen and oxygen atoms in total. The first-order valence-electron chi connectivity index (χ1n) is 7.09. The molecule has 1 rings (SSSR count). The van der Waals surface area contributed by atoms with Gasteiger partial charge < -0.3 is 10.2 Å². The lowest BCUT2D eigenvalue weighted by molar-refractivity contribution is -0.131. The van der Waals surface area contributed by atoms with E-state index in [9.17, 15) is 14.0 Å². The largest absolute Gasteiger partial charge is 0.350 e. The van der Waals surface area contributed by atoms with E-state index in [1.54, 1.807) is 26.1 Å². The number of rotatable bonds is 4. The van der Waals surface area contributed by atoms with Gasteiger partial charge in [0.2, 0.25) is 11.8 Å². The van der Waals surface area contributed by atoms with Crippen LogP contribution in [0.4, 0.5) is 4.39 Å². The molecular formula is C17H23FN2O2. The molecule has 0 saturated carbocycles. The average Bonchev–Trinajstić information content (AvgIpc) is 2.36. The number of amides is 2. The van der Waals surface area contributed by atoms with E-state index in [-0.39, 0.29) is 29.7 Å². The first-order valence-corrected chi connectivity index (χ1v) is 7.09. The highest BCUT2D eigenvalue weighted by atomic mass is 19.1. The summed E-state index contributed by atoms with van der Waals surface area (Å²) in [4.78, 5) is 25.2. The number of allylic oxidation sites excluding steroid dienone is 1. The summed E-state index contributed by atoms with van der Waals surface area (Å²) in [6.07, 6.45) is 1.44. The Labute approximate surface area is 131 Å². The van der Waals surface area contributed by atoms with Gasteiger partial charge in [-0.1, -0.05) is 12.1 Å². The van der Waals surface area contributed by atoms with Crippen molar-refractivity contribution in [2.24, 2.45) is 0 Å². The fourth-order valence-corrected chi connectivity index (χ4v) is 1.84. The monoisotopic (exact) mass is 306 g/mol. The number of likely N-dealkylation sites (N-methyl/N-ethyl adjacent to an activating group) is 1. The maximum absolute atomic E-state index is 12.9. The van der Waals surface area contributed by atoms with Gasteiger partial charge in [-0.2, -0.15) is 0 Å². The molecule has 0 aromatic heterocycles. The molecule has 2 amide bonds. The highest BCUT2D eigenvalue weighted by molar-refractivity contribution is 5.96. The molecule has 0 radical (unpaired) electrons. The molecule has 22 heavy (non-hydrogen) atoms. The van der Waals surface area contributed by atoms with E-state index in [1.165, 1.54) is 23.1 Å². The first-order chi connectivity index (χ1) is 10.1. The quantitative estimate of drug-likeness (QED) is 0.869. The fraction of sp³-hybridized carbons (Fsp3) is 0.412. The van der Waals surface area contributed by atoms with Gasteiger partial charge in [0.25, 0.3) is 0 Å². The number of carbonyl (C=O) groups excluding carboxylic acids is 2. The third kappa shape index (κ3) is 6.08. The standard InChI is InChI=1S/C17H23FN2O2/c1-12(13-6-8-14(18)9-7-13)10-16(22)20(5)11-15(21)19-17(2,3)4/h6-10H,11H2,1-5H3,(H,19,21). The lowest BCUT2D eigenvalue weighted by Crippen LogP contribution is -2.46. The van der Waals surface area contributed by atoms with Gasteiger partial charge in [0.15, 0.2) is 0 Å². The molecule has 0 fully saturated rings. The number of hydrogen-bond acceptors (Lipinski definition) is 2. The molecule has 0 bridgehead atoms. The minimum absolute atomic E-state index is 0.0106. The van der Waals surface area contributed by atoms with E-state index < -0.39 is 0 Å². The average molecular weight is 306 g/mol. The Hall–Kier alpha value is -2.17. The number of hydrogen-bond donors (Lipinski definition) is 1. The summed E-state index contributed by atoms with van der Waals surface area (Å²) >= 11 is 0. The van der Waals surface area contributed by atoms with E-state index >= 15 is 0 Å². The highest BCUT2D eigenvalue weighted by Gasteiger charge is 2.17. The molecule has 1 aromatic carbocycles. The molecular weight excluding hydrogens is 283 g/mol. The maximum atomic E-state index is 12.9. The SMILES string of the molecule is CC(=CC(=O)N(C)CC(=O)NC(C)(C)C)c1ccc(F)cc1. The number of benzene rings is 1. The van der Waals surface area contributed by atoms with E-state index in [2.05, 4.69) is 5.32 Å². The molecule has 120 valence electrons. The summed E-state index contributed by atoms with van der Waals surface area (Å²) in [5, 5.41) is 2.80. The zero-order valence-electron chi connectivity index (χ0n) is 13.7.